The number of halogens is 1. The first-order chi connectivity index (χ1) is 12.5. The van der Waals surface area contributed by atoms with Crippen LogP contribution < -0.4 is 0 Å². The summed E-state index contributed by atoms with van der Waals surface area (Å²) in [6.45, 7) is 3.75. The van der Waals surface area contributed by atoms with Gasteiger partial charge in [-0.05, 0) is 44.4 Å². The van der Waals surface area contributed by atoms with E-state index in [1.54, 1.807) is 19.9 Å². The zero-order chi connectivity index (χ0) is 19.2. The fourth-order valence-electron chi connectivity index (χ4n) is 3.22. The SMILES string of the molecule is CCOC(=O)C(C(=O)OCC)C(=O)C1(c2cccc(F)c2)CCOCC1. The van der Waals surface area contributed by atoms with Crippen LogP contribution in [-0.2, 0) is 34.0 Å². The van der Waals surface area contributed by atoms with Crippen LogP contribution in [0.4, 0.5) is 4.39 Å². The smallest absolute Gasteiger partial charge is 0.328 e. The molecule has 0 spiro atoms. The van der Waals surface area contributed by atoms with E-state index in [1.165, 1.54) is 18.2 Å². The molecule has 0 N–H and O–H groups in total. The zero-order valence-electron chi connectivity index (χ0n) is 15.0. The Morgan fingerprint density at radius 1 is 1.12 bits per heavy atom. The maximum Gasteiger partial charge on any atom is 0.328 e. The number of rotatable bonds is 7. The van der Waals surface area contributed by atoms with E-state index in [9.17, 15) is 18.8 Å². The highest BCUT2D eigenvalue weighted by atomic mass is 19.1. The molecule has 1 saturated heterocycles. The first kappa shape index (κ1) is 20.0. The quantitative estimate of drug-likeness (QED) is 0.544. The molecule has 0 aromatic heterocycles. The number of ether oxygens (including phenoxy) is 3. The van der Waals surface area contributed by atoms with Crippen molar-refractivity contribution in [2.45, 2.75) is 32.1 Å². The molecule has 0 unspecified atom stereocenters. The maximum atomic E-state index is 13.8. The predicted molar refractivity (Wildman–Crippen MR) is 89.9 cm³/mol. The van der Waals surface area contributed by atoms with E-state index in [0.717, 1.165) is 0 Å². The lowest BCUT2D eigenvalue weighted by Gasteiger charge is -2.37. The molecular weight excluding hydrogens is 343 g/mol. The molecule has 0 saturated carbocycles. The second kappa shape index (κ2) is 8.89. The van der Waals surface area contributed by atoms with Gasteiger partial charge in [0.15, 0.2) is 5.78 Å². The van der Waals surface area contributed by atoms with Crippen LogP contribution in [0.2, 0.25) is 0 Å². The zero-order valence-corrected chi connectivity index (χ0v) is 15.0. The van der Waals surface area contributed by atoms with Crippen molar-refractivity contribution in [1.29, 1.82) is 0 Å². The molecule has 1 aromatic rings. The number of ketones is 1. The van der Waals surface area contributed by atoms with Gasteiger partial charge in [0.25, 0.3) is 0 Å². The van der Waals surface area contributed by atoms with Gasteiger partial charge in [0.05, 0.1) is 18.6 Å². The first-order valence-electron chi connectivity index (χ1n) is 8.67. The van der Waals surface area contributed by atoms with Crippen molar-refractivity contribution in [3.63, 3.8) is 0 Å². The number of hydrogen-bond acceptors (Lipinski definition) is 6. The Labute approximate surface area is 151 Å². The van der Waals surface area contributed by atoms with E-state index in [2.05, 4.69) is 0 Å². The first-order valence-corrected chi connectivity index (χ1v) is 8.67. The van der Waals surface area contributed by atoms with Crippen LogP contribution in [0.15, 0.2) is 24.3 Å². The summed E-state index contributed by atoms with van der Waals surface area (Å²) in [5.41, 5.74) is -0.783. The molecule has 0 aliphatic carbocycles. The van der Waals surface area contributed by atoms with Gasteiger partial charge < -0.3 is 14.2 Å². The second-order valence-electron chi connectivity index (χ2n) is 6.01. The molecule has 1 heterocycles. The lowest BCUT2D eigenvalue weighted by atomic mass is 9.67. The molecule has 1 aliphatic heterocycles. The highest BCUT2D eigenvalue weighted by molar-refractivity contribution is 6.18. The largest absolute Gasteiger partial charge is 0.465 e. The summed E-state index contributed by atoms with van der Waals surface area (Å²) in [4.78, 5) is 38.1. The third-order valence-corrected chi connectivity index (χ3v) is 4.50. The van der Waals surface area contributed by atoms with Crippen molar-refractivity contribution in [3.8, 4) is 0 Å². The third kappa shape index (κ3) is 4.09. The van der Waals surface area contributed by atoms with Gasteiger partial charge in [0.1, 0.15) is 5.82 Å². The van der Waals surface area contributed by atoms with Crippen LogP contribution in [0.25, 0.3) is 0 Å². The summed E-state index contributed by atoms with van der Waals surface area (Å²) in [5, 5.41) is 0. The topological polar surface area (TPSA) is 78.9 Å². The van der Waals surface area contributed by atoms with E-state index in [1.807, 2.05) is 0 Å². The fourth-order valence-corrected chi connectivity index (χ4v) is 3.22. The van der Waals surface area contributed by atoms with E-state index in [4.69, 9.17) is 14.2 Å². The number of carbonyl (C=O) groups excluding carboxylic acids is 3. The Kier molecular flexibility index (Phi) is 6.85. The molecule has 26 heavy (non-hydrogen) atoms. The van der Waals surface area contributed by atoms with Crippen LogP contribution in [0.3, 0.4) is 0 Å². The van der Waals surface area contributed by atoms with Gasteiger partial charge in [-0.3, -0.25) is 14.4 Å². The molecule has 6 nitrogen and oxygen atoms in total. The Hall–Kier alpha value is -2.28. The van der Waals surface area contributed by atoms with Crippen LogP contribution in [0, 0.1) is 11.7 Å². The summed E-state index contributed by atoms with van der Waals surface area (Å²) < 4.78 is 29.0. The summed E-state index contributed by atoms with van der Waals surface area (Å²) in [6.07, 6.45) is 0.481. The lowest BCUT2D eigenvalue weighted by molar-refractivity contribution is -0.166. The molecule has 0 radical (unpaired) electrons. The molecule has 1 aromatic carbocycles. The minimum Gasteiger partial charge on any atom is -0.465 e. The molecule has 1 fully saturated rings. The highest BCUT2D eigenvalue weighted by Gasteiger charge is 2.50. The van der Waals surface area contributed by atoms with Crippen molar-refractivity contribution in [2.75, 3.05) is 26.4 Å². The van der Waals surface area contributed by atoms with Crippen molar-refractivity contribution in [2.24, 2.45) is 5.92 Å². The Balaban J connectivity index is 2.48. The van der Waals surface area contributed by atoms with E-state index < -0.39 is 34.9 Å². The van der Waals surface area contributed by atoms with E-state index >= 15 is 0 Å². The Morgan fingerprint density at radius 3 is 2.19 bits per heavy atom. The minimum absolute atomic E-state index is 0.0259. The average molecular weight is 366 g/mol. The molecule has 0 bridgehead atoms. The van der Waals surface area contributed by atoms with Crippen molar-refractivity contribution >= 4 is 17.7 Å². The number of carbonyl (C=O) groups is 3. The minimum atomic E-state index is -1.70. The molecule has 0 atom stereocenters. The maximum absolute atomic E-state index is 13.8. The van der Waals surface area contributed by atoms with Gasteiger partial charge in [0, 0.05) is 13.2 Å². The predicted octanol–water partition coefficient (Wildman–Crippen LogP) is 2.19. The van der Waals surface area contributed by atoms with Gasteiger partial charge in [0.2, 0.25) is 5.92 Å². The van der Waals surface area contributed by atoms with Crippen molar-refractivity contribution < 1.29 is 33.0 Å². The van der Waals surface area contributed by atoms with E-state index in [-0.39, 0.29) is 39.3 Å². The third-order valence-electron chi connectivity index (χ3n) is 4.50. The van der Waals surface area contributed by atoms with Crippen LogP contribution in [-0.4, -0.2) is 44.1 Å². The molecule has 2 rings (SSSR count). The van der Waals surface area contributed by atoms with Crippen LogP contribution in [0.5, 0.6) is 0 Å². The van der Waals surface area contributed by atoms with Crippen molar-refractivity contribution in [1.82, 2.24) is 0 Å². The van der Waals surface area contributed by atoms with Gasteiger partial charge in [-0.25, -0.2) is 4.39 Å². The fraction of sp³-hybridized carbons (Fsp3) is 0.526. The molecular formula is C19H23FO6. The molecule has 7 heteroatoms. The lowest BCUT2D eigenvalue weighted by Crippen LogP contribution is -2.49. The highest BCUT2D eigenvalue weighted by Crippen LogP contribution is 2.38. The van der Waals surface area contributed by atoms with Crippen molar-refractivity contribution in [3.05, 3.63) is 35.6 Å². The summed E-state index contributed by atoms with van der Waals surface area (Å²) in [6, 6.07) is 5.66. The van der Waals surface area contributed by atoms with Gasteiger partial charge >= 0.3 is 11.9 Å². The van der Waals surface area contributed by atoms with Gasteiger partial charge in [-0.1, -0.05) is 12.1 Å². The summed E-state index contributed by atoms with van der Waals surface area (Å²) in [5.74, 6) is -4.72. The number of benzene rings is 1. The Morgan fingerprint density at radius 2 is 1.69 bits per heavy atom. The van der Waals surface area contributed by atoms with Crippen LogP contribution >= 0.6 is 0 Å². The number of esters is 2. The Bertz CT molecular complexity index is 648. The normalized spacial score (nSPS) is 16.2. The molecule has 142 valence electrons. The number of hydrogen-bond donors (Lipinski definition) is 0. The summed E-state index contributed by atoms with van der Waals surface area (Å²) >= 11 is 0. The van der Waals surface area contributed by atoms with Crippen LogP contribution in [0.1, 0.15) is 32.3 Å². The standard InChI is InChI=1S/C19H23FO6/c1-3-25-17(22)15(18(23)26-4-2)16(21)19(8-10-24-11-9-19)13-6-5-7-14(20)12-13/h5-7,12,15H,3-4,8-11H2,1-2H3. The monoisotopic (exact) mass is 366 g/mol. The molecule has 0 amide bonds. The summed E-state index contributed by atoms with van der Waals surface area (Å²) in [7, 11) is 0. The molecule has 1 aliphatic rings. The van der Waals surface area contributed by atoms with E-state index in [0.29, 0.717) is 5.56 Å². The average Bonchev–Trinajstić information content (AvgIpc) is 2.63. The second-order valence-corrected chi connectivity index (χ2v) is 6.01. The number of Topliss-reactive ketones (excluding diaryl/α,β-unsaturated/α-hetero) is 1. The van der Waals surface area contributed by atoms with Gasteiger partial charge in [-0.2, -0.15) is 0 Å². The van der Waals surface area contributed by atoms with Gasteiger partial charge in [-0.15, -0.1) is 0 Å².